The van der Waals surface area contributed by atoms with Gasteiger partial charge in [0.15, 0.2) is 0 Å². The van der Waals surface area contributed by atoms with E-state index in [1.165, 1.54) is 25.7 Å². The van der Waals surface area contributed by atoms with Gasteiger partial charge in [0.05, 0.1) is 6.10 Å². The molecule has 0 heterocycles. The third kappa shape index (κ3) is 6.35. The van der Waals surface area contributed by atoms with Crippen molar-refractivity contribution < 1.29 is 14.6 Å². The molecule has 1 saturated carbocycles. The van der Waals surface area contributed by atoms with Gasteiger partial charge in [0.2, 0.25) is 0 Å². The summed E-state index contributed by atoms with van der Waals surface area (Å²) in [6.45, 7) is 7.63. The molecule has 0 aliphatic heterocycles. The van der Waals surface area contributed by atoms with Crippen LogP contribution in [0.1, 0.15) is 72.1 Å². The van der Waals surface area contributed by atoms with E-state index in [9.17, 15) is 9.90 Å². The van der Waals surface area contributed by atoms with Crippen LogP contribution in [0.15, 0.2) is 0 Å². The highest BCUT2D eigenvalue weighted by atomic mass is 16.5. The Morgan fingerprint density at radius 1 is 1.33 bits per heavy atom. The Kier molecular flexibility index (Phi) is 8.27. The molecule has 1 rings (SSSR count). The summed E-state index contributed by atoms with van der Waals surface area (Å²) in [6, 6.07) is 0. The molecule has 0 spiro atoms. The molecule has 1 aliphatic rings. The first-order valence-corrected chi connectivity index (χ1v) is 8.59. The van der Waals surface area contributed by atoms with E-state index in [-0.39, 0.29) is 0 Å². The van der Waals surface area contributed by atoms with Crippen LogP contribution in [0.25, 0.3) is 0 Å². The summed E-state index contributed by atoms with van der Waals surface area (Å²) in [5.74, 6) is -0.0768. The van der Waals surface area contributed by atoms with Crippen LogP contribution in [-0.2, 0) is 9.53 Å². The van der Waals surface area contributed by atoms with Crippen LogP contribution in [0.2, 0.25) is 0 Å². The molecule has 0 aromatic heterocycles. The van der Waals surface area contributed by atoms with Crippen LogP contribution < -0.4 is 5.32 Å². The Labute approximate surface area is 129 Å². The van der Waals surface area contributed by atoms with Gasteiger partial charge in [0.1, 0.15) is 5.54 Å². The Hall–Kier alpha value is -0.610. The van der Waals surface area contributed by atoms with Crippen molar-refractivity contribution in [3.63, 3.8) is 0 Å². The van der Waals surface area contributed by atoms with Gasteiger partial charge < -0.3 is 15.2 Å². The van der Waals surface area contributed by atoms with Gasteiger partial charge in [0.25, 0.3) is 0 Å². The van der Waals surface area contributed by atoms with Crippen molar-refractivity contribution in [2.75, 3.05) is 13.2 Å². The Bertz CT molecular complexity index is 308. The van der Waals surface area contributed by atoms with Crippen molar-refractivity contribution in [1.29, 1.82) is 0 Å². The van der Waals surface area contributed by atoms with E-state index >= 15 is 0 Å². The van der Waals surface area contributed by atoms with Crippen molar-refractivity contribution in [1.82, 2.24) is 5.32 Å². The maximum Gasteiger partial charge on any atom is 0.323 e. The fourth-order valence-corrected chi connectivity index (χ4v) is 3.02. The van der Waals surface area contributed by atoms with Gasteiger partial charge in [-0.15, -0.1) is 0 Å². The molecule has 0 radical (unpaired) electrons. The minimum Gasteiger partial charge on any atom is -0.480 e. The van der Waals surface area contributed by atoms with E-state index in [4.69, 9.17) is 4.74 Å². The summed E-state index contributed by atoms with van der Waals surface area (Å²) in [7, 11) is 0. The molecule has 1 fully saturated rings. The molecule has 4 nitrogen and oxygen atoms in total. The van der Waals surface area contributed by atoms with E-state index < -0.39 is 11.5 Å². The molecule has 124 valence electrons. The van der Waals surface area contributed by atoms with Crippen LogP contribution in [0, 0.1) is 5.92 Å². The van der Waals surface area contributed by atoms with Crippen LogP contribution in [0.4, 0.5) is 0 Å². The quantitative estimate of drug-likeness (QED) is 0.605. The minimum absolute atomic E-state index is 0.419. The first-order chi connectivity index (χ1) is 9.99. The molecule has 0 amide bonds. The molecule has 3 atom stereocenters. The molecule has 0 aromatic carbocycles. The average molecular weight is 299 g/mol. The maximum absolute atomic E-state index is 11.4. The van der Waals surface area contributed by atoms with E-state index in [2.05, 4.69) is 19.2 Å². The standard InChI is InChI=1S/C17H33NO3/c1-4-12-18-17(3,16(19)20)11-7-8-13-21-15-10-6-5-9-14(15)2/h14-15,18H,4-13H2,1-3H3,(H,19,20). The largest absolute Gasteiger partial charge is 0.480 e. The zero-order chi connectivity index (χ0) is 15.7. The van der Waals surface area contributed by atoms with Gasteiger partial charge in [-0.25, -0.2) is 0 Å². The van der Waals surface area contributed by atoms with Gasteiger partial charge in [-0.05, 0) is 57.9 Å². The van der Waals surface area contributed by atoms with Gasteiger partial charge in [-0.2, -0.15) is 0 Å². The number of hydrogen-bond acceptors (Lipinski definition) is 3. The molecule has 0 saturated heterocycles. The lowest BCUT2D eigenvalue weighted by Gasteiger charge is -2.29. The fourth-order valence-electron chi connectivity index (χ4n) is 3.02. The summed E-state index contributed by atoms with van der Waals surface area (Å²) in [5, 5.41) is 12.5. The van der Waals surface area contributed by atoms with E-state index in [1.807, 2.05) is 0 Å². The van der Waals surface area contributed by atoms with Crippen LogP contribution in [0.3, 0.4) is 0 Å². The highest BCUT2D eigenvalue weighted by Crippen LogP contribution is 2.26. The topological polar surface area (TPSA) is 58.6 Å². The number of carbonyl (C=O) groups is 1. The number of carboxylic acid groups (broad SMARTS) is 1. The molecular weight excluding hydrogens is 266 g/mol. The number of unbranched alkanes of at least 4 members (excludes halogenated alkanes) is 1. The second-order valence-corrected chi connectivity index (χ2v) is 6.69. The van der Waals surface area contributed by atoms with E-state index in [0.29, 0.717) is 18.4 Å². The van der Waals surface area contributed by atoms with E-state index in [1.54, 1.807) is 6.92 Å². The normalized spacial score (nSPS) is 25.5. The Morgan fingerprint density at radius 3 is 2.67 bits per heavy atom. The highest BCUT2D eigenvalue weighted by Gasteiger charge is 2.31. The minimum atomic E-state index is -0.797. The second kappa shape index (κ2) is 9.42. The number of rotatable bonds is 10. The molecule has 0 aromatic rings. The van der Waals surface area contributed by atoms with Gasteiger partial charge in [-0.1, -0.05) is 26.7 Å². The number of nitrogens with one attached hydrogen (secondary N) is 1. The fraction of sp³-hybridized carbons (Fsp3) is 0.941. The summed E-state index contributed by atoms with van der Waals surface area (Å²) < 4.78 is 5.98. The average Bonchev–Trinajstić information content (AvgIpc) is 2.46. The molecule has 3 unspecified atom stereocenters. The van der Waals surface area contributed by atoms with Crippen molar-refractivity contribution in [3.8, 4) is 0 Å². The summed E-state index contributed by atoms with van der Waals surface area (Å²) in [5.41, 5.74) is -0.797. The lowest BCUT2D eigenvalue weighted by molar-refractivity contribution is -0.144. The highest BCUT2D eigenvalue weighted by molar-refractivity contribution is 5.78. The summed E-state index contributed by atoms with van der Waals surface area (Å²) in [4.78, 5) is 11.4. The number of ether oxygens (including phenoxy) is 1. The zero-order valence-electron chi connectivity index (χ0n) is 14.0. The maximum atomic E-state index is 11.4. The molecule has 21 heavy (non-hydrogen) atoms. The zero-order valence-corrected chi connectivity index (χ0v) is 14.0. The van der Waals surface area contributed by atoms with Crippen LogP contribution in [0.5, 0.6) is 0 Å². The first kappa shape index (κ1) is 18.4. The lowest BCUT2D eigenvalue weighted by atomic mass is 9.88. The second-order valence-electron chi connectivity index (χ2n) is 6.69. The first-order valence-electron chi connectivity index (χ1n) is 8.59. The monoisotopic (exact) mass is 299 g/mol. The third-order valence-electron chi connectivity index (χ3n) is 4.67. The number of hydrogen-bond donors (Lipinski definition) is 2. The van der Waals surface area contributed by atoms with Crippen LogP contribution in [-0.4, -0.2) is 35.9 Å². The van der Waals surface area contributed by atoms with Crippen molar-refractivity contribution in [2.24, 2.45) is 5.92 Å². The Morgan fingerprint density at radius 2 is 2.05 bits per heavy atom. The molecule has 1 aliphatic carbocycles. The number of aliphatic carboxylic acids is 1. The van der Waals surface area contributed by atoms with Crippen molar-refractivity contribution in [2.45, 2.75) is 83.8 Å². The summed E-state index contributed by atoms with van der Waals surface area (Å²) >= 11 is 0. The molecular formula is C17H33NO3. The van der Waals surface area contributed by atoms with Gasteiger partial charge in [-0.3, -0.25) is 4.79 Å². The molecule has 0 bridgehead atoms. The predicted molar refractivity (Wildman–Crippen MR) is 85.6 cm³/mol. The third-order valence-corrected chi connectivity index (χ3v) is 4.67. The molecule has 4 heteroatoms. The number of carboxylic acids is 1. The molecule has 2 N–H and O–H groups in total. The van der Waals surface area contributed by atoms with E-state index in [0.717, 1.165) is 32.4 Å². The summed E-state index contributed by atoms with van der Waals surface area (Å²) in [6.07, 6.45) is 8.95. The van der Waals surface area contributed by atoms with Crippen LogP contribution >= 0.6 is 0 Å². The van der Waals surface area contributed by atoms with Crippen molar-refractivity contribution >= 4 is 5.97 Å². The van der Waals surface area contributed by atoms with Gasteiger partial charge in [0, 0.05) is 6.61 Å². The lowest BCUT2D eigenvalue weighted by Crippen LogP contribution is -2.49. The van der Waals surface area contributed by atoms with Crippen molar-refractivity contribution in [3.05, 3.63) is 0 Å². The van der Waals surface area contributed by atoms with Gasteiger partial charge >= 0.3 is 5.97 Å². The Balaban J connectivity index is 2.20. The smallest absolute Gasteiger partial charge is 0.323 e. The predicted octanol–water partition coefficient (Wildman–Crippen LogP) is 3.59. The SMILES string of the molecule is CCCNC(C)(CCCCOC1CCCCC1C)C(=O)O.